The Morgan fingerprint density at radius 3 is 2.38 bits per heavy atom. The molecule has 3 aromatic rings. The smallest absolute Gasteiger partial charge is 0.344 e. The molecule has 338 valence electrons. The second-order valence-corrected chi connectivity index (χ2v) is 19.1. The third-order valence-electron chi connectivity index (χ3n) is 16.1. The lowest BCUT2D eigenvalue weighted by Crippen LogP contribution is -2.81. The molecule has 15 heteroatoms. The van der Waals surface area contributed by atoms with Gasteiger partial charge < -0.3 is 38.8 Å². The lowest BCUT2D eigenvalue weighted by atomic mass is 9.47. The topological polar surface area (TPSA) is 151 Å². The van der Waals surface area contributed by atoms with Crippen molar-refractivity contribution in [2.75, 3.05) is 66.0 Å². The molecule has 1 aromatic heterocycles. The maximum absolute atomic E-state index is 15.4. The molecule has 6 heterocycles. The number of ketones is 1. The number of methoxy groups -OCH3 is 3. The summed E-state index contributed by atoms with van der Waals surface area (Å²) in [6, 6.07) is 7.83. The van der Waals surface area contributed by atoms with E-state index in [4.69, 9.17) is 18.9 Å². The van der Waals surface area contributed by atoms with Crippen molar-refractivity contribution in [3.05, 3.63) is 70.4 Å². The summed E-state index contributed by atoms with van der Waals surface area (Å²) in [5.74, 6) is -6.34. The zero-order chi connectivity index (χ0) is 45.2. The van der Waals surface area contributed by atoms with Gasteiger partial charge in [0.2, 0.25) is 11.5 Å². The fourth-order valence-corrected chi connectivity index (χ4v) is 13.7. The van der Waals surface area contributed by atoms with Gasteiger partial charge >= 0.3 is 17.9 Å². The van der Waals surface area contributed by atoms with E-state index in [0.29, 0.717) is 79.2 Å². The van der Waals surface area contributed by atoms with Crippen molar-refractivity contribution in [1.82, 2.24) is 14.8 Å². The van der Waals surface area contributed by atoms with E-state index >= 15 is 13.6 Å². The van der Waals surface area contributed by atoms with Crippen LogP contribution in [-0.2, 0) is 45.8 Å². The number of aliphatic hydroxyl groups is 1. The molecule has 0 amide bonds. The van der Waals surface area contributed by atoms with Crippen LogP contribution in [-0.4, -0.2) is 134 Å². The Hall–Kier alpha value is -4.86. The van der Waals surface area contributed by atoms with Crippen LogP contribution in [0, 0.1) is 17.3 Å². The summed E-state index contributed by atoms with van der Waals surface area (Å²) in [7, 11) is 5.86. The number of benzene rings is 2. The first-order valence-electron chi connectivity index (χ1n) is 22.1. The van der Waals surface area contributed by atoms with E-state index in [9.17, 15) is 19.5 Å². The number of H-pyrrole nitrogens is 1. The first-order chi connectivity index (χ1) is 29.9. The van der Waals surface area contributed by atoms with Crippen LogP contribution in [0.1, 0.15) is 86.1 Å². The second-order valence-electron chi connectivity index (χ2n) is 19.1. The largest absolute Gasteiger partial charge is 0.496 e. The van der Waals surface area contributed by atoms with Crippen LogP contribution in [0.3, 0.4) is 0 Å². The summed E-state index contributed by atoms with van der Waals surface area (Å²) in [4.78, 5) is 65.6. The standard InChI is InChI=1S/C48H58F2N4O9/c1-9-45-14-10-16-54-18-15-46(39(45)54)33-21-34(37(60-6)22-36(33)52(5)40(46)48(59,43(58)62-8)41(45)63-27(3)56)47(42(57)61-7)23-28-19-30(44(4,49)50)25-53(24-28)17-13-31-32-20-29(26(2)55)11-12-35(32)51-38(31)47/h10-12,14,20-22,28,30,39-41,51,59H,9,13,15-19,23-25H2,1-8H3/t28?,30?,39?,40?,41-,45-,46?,47-,48+/m0/s1. The van der Waals surface area contributed by atoms with E-state index in [2.05, 4.69) is 14.8 Å². The number of rotatable bonds is 8. The number of aromatic amines is 1. The lowest BCUT2D eigenvalue weighted by Gasteiger charge is -2.63. The van der Waals surface area contributed by atoms with Gasteiger partial charge in [0.25, 0.3) is 0 Å². The van der Waals surface area contributed by atoms with Gasteiger partial charge in [0.05, 0.1) is 27.4 Å². The number of halogens is 2. The molecule has 3 fully saturated rings. The van der Waals surface area contributed by atoms with Crippen molar-refractivity contribution in [2.45, 2.75) is 100 Å². The molecule has 1 aliphatic carbocycles. The van der Waals surface area contributed by atoms with Gasteiger partial charge in [-0.2, -0.15) is 0 Å². The number of Topliss-reactive ketones (excluding diaryl/α,β-unsaturated/α-hetero) is 1. The number of fused-ring (bicyclic) bond motifs is 6. The SMILES string of the molecule is CC[C@@]12C=CCN3CCC4(c5cc([C@@]6(C(=O)OC)CC7CC(C(C)(F)F)CN(CCc8c6[nH]c6ccc(C(C)=O)cc86)C7)c(OC)cc5N(C)C4[C@](O)(C(=O)OC)[C@H]1OC(C)=O)C32. The Balaban J connectivity index is 1.37. The van der Waals surface area contributed by atoms with Gasteiger partial charge in [-0.05, 0) is 93.8 Å². The second kappa shape index (κ2) is 14.8. The van der Waals surface area contributed by atoms with Crippen molar-refractivity contribution in [3.63, 3.8) is 0 Å². The summed E-state index contributed by atoms with van der Waals surface area (Å²) in [6.45, 7) is 7.99. The van der Waals surface area contributed by atoms with Crippen molar-refractivity contribution in [2.24, 2.45) is 17.3 Å². The number of piperidine rings is 1. The van der Waals surface area contributed by atoms with Crippen LogP contribution in [0.4, 0.5) is 14.5 Å². The normalized spacial score (nSPS) is 34.4. The number of anilines is 1. The molecule has 0 radical (unpaired) electrons. The fourth-order valence-electron chi connectivity index (χ4n) is 13.7. The third-order valence-corrected chi connectivity index (χ3v) is 16.1. The van der Waals surface area contributed by atoms with Gasteiger partial charge in [0, 0.05) is 102 Å². The molecule has 2 N–H and O–H groups in total. The number of hydrogen-bond donors (Lipinski definition) is 2. The third kappa shape index (κ3) is 5.86. The minimum Gasteiger partial charge on any atom is -0.496 e. The van der Waals surface area contributed by atoms with E-state index in [1.54, 1.807) is 13.1 Å². The number of carbonyl (C=O) groups is 4. The average molecular weight is 873 g/mol. The highest BCUT2D eigenvalue weighted by atomic mass is 19.3. The summed E-state index contributed by atoms with van der Waals surface area (Å²) in [5.41, 5.74) is -1.75. The number of alkyl halides is 2. The molecule has 1 saturated carbocycles. The number of esters is 3. The highest BCUT2D eigenvalue weighted by Gasteiger charge is 2.80. The molecule has 10 atom stereocenters. The lowest BCUT2D eigenvalue weighted by molar-refractivity contribution is -0.228. The molecule has 5 aliphatic heterocycles. The molecule has 6 unspecified atom stereocenters. The molecule has 13 nitrogen and oxygen atoms in total. The van der Waals surface area contributed by atoms with E-state index in [0.717, 1.165) is 23.4 Å². The van der Waals surface area contributed by atoms with Gasteiger partial charge in [0.15, 0.2) is 11.9 Å². The Morgan fingerprint density at radius 2 is 1.73 bits per heavy atom. The maximum Gasteiger partial charge on any atom is 0.344 e. The highest BCUT2D eigenvalue weighted by Crippen LogP contribution is 2.68. The minimum atomic E-state index is -2.98. The van der Waals surface area contributed by atoms with Crippen LogP contribution in [0.25, 0.3) is 10.9 Å². The van der Waals surface area contributed by atoms with Crippen LogP contribution >= 0.6 is 0 Å². The number of nitrogens with zero attached hydrogens (tertiary/aromatic N) is 3. The molecular formula is C48H58F2N4O9. The molecule has 1 spiro atoms. The number of hydrogen-bond acceptors (Lipinski definition) is 12. The Bertz CT molecular complexity index is 2450. The van der Waals surface area contributed by atoms with Crippen LogP contribution in [0.5, 0.6) is 5.75 Å². The predicted molar refractivity (Wildman–Crippen MR) is 229 cm³/mol. The first-order valence-corrected chi connectivity index (χ1v) is 22.1. The fraction of sp³-hybridized carbons (Fsp3) is 0.583. The van der Waals surface area contributed by atoms with Crippen LogP contribution in [0.15, 0.2) is 42.5 Å². The zero-order valence-electron chi connectivity index (χ0n) is 37.3. The first kappa shape index (κ1) is 43.4. The number of likely N-dealkylation sites (N-methyl/N-ethyl adjacent to an activating group) is 1. The number of aromatic nitrogens is 1. The number of carbonyl (C=O) groups excluding carboxylic acids is 4. The minimum absolute atomic E-state index is 0.0847. The van der Waals surface area contributed by atoms with Gasteiger partial charge in [-0.25, -0.2) is 13.6 Å². The van der Waals surface area contributed by atoms with Crippen molar-refractivity contribution >= 4 is 40.3 Å². The molecule has 63 heavy (non-hydrogen) atoms. The van der Waals surface area contributed by atoms with Crippen molar-refractivity contribution < 1.29 is 52.0 Å². The Morgan fingerprint density at radius 1 is 0.984 bits per heavy atom. The predicted octanol–water partition coefficient (Wildman–Crippen LogP) is 5.32. The monoisotopic (exact) mass is 872 g/mol. The van der Waals surface area contributed by atoms with Gasteiger partial charge in [-0.1, -0.05) is 19.1 Å². The van der Waals surface area contributed by atoms with Crippen molar-refractivity contribution in [1.29, 1.82) is 0 Å². The Kier molecular flexibility index (Phi) is 10.2. The summed E-state index contributed by atoms with van der Waals surface area (Å²) < 4.78 is 54.7. The quantitative estimate of drug-likeness (QED) is 0.131. The van der Waals surface area contributed by atoms with Crippen LogP contribution in [0.2, 0.25) is 0 Å². The molecular weight excluding hydrogens is 815 g/mol. The van der Waals surface area contributed by atoms with E-state index < -0.39 is 75.7 Å². The Labute approximate surface area is 366 Å². The molecule has 2 bridgehead atoms. The van der Waals surface area contributed by atoms with Gasteiger partial charge in [-0.3, -0.25) is 19.3 Å². The molecule has 2 aromatic carbocycles. The number of ether oxygens (including phenoxy) is 4. The highest BCUT2D eigenvalue weighted by molar-refractivity contribution is 6.00. The zero-order valence-corrected chi connectivity index (χ0v) is 37.3. The summed E-state index contributed by atoms with van der Waals surface area (Å²) in [6.07, 6.45) is 4.19. The summed E-state index contributed by atoms with van der Waals surface area (Å²) in [5, 5.41) is 14.1. The average Bonchev–Trinajstić information content (AvgIpc) is 3.92. The molecule has 2 saturated heterocycles. The number of nitrogens with one attached hydrogen (secondary N) is 1. The maximum atomic E-state index is 15.4. The van der Waals surface area contributed by atoms with Crippen LogP contribution < -0.4 is 9.64 Å². The van der Waals surface area contributed by atoms with Crippen molar-refractivity contribution in [3.8, 4) is 5.75 Å². The molecule has 9 rings (SSSR count). The van der Waals surface area contributed by atoms with Gasteiger partial charge in [0.1, 0.15) is 11.2 Å². The molecule has 6 aliphatic rings. The van der Waals surface area contributed by atoms with E-state index in [-0.39, 0.29) is 25.2 Å². The van der Waals surface area contributed by atoms with E-state index in [1.807, 2.05) is 48.2 Å². The van der Waals surface area contributed by atoms with E-state index in [1.165, 1.54) is 35.2 Å². The summed E-state index contributed by atoms with van der Waals surface area (Å²) >= 11 is 0. The van der Waals surface area contributed by atoms with Gasteiger partial charge in [-0.15, -0.1) is 0 Å².